The molecule has 0 aromatic carbocycles. The molecule has 0 unspecified atom stereocenters. The zero-order valence-corrected chi connectivity index (χ0v) is 6.39. The van der Waals surface area contributed by atoms with E-state index in [-0.39, 0.29) is 11.7 Å². The lowest BCUT2D eigenvalue weighted by Crippen LogP contribution is -2.18. The third-order valence-electron chi connectivity index (χ3n) is 1.00. The lowest BCUT2D eigenvalue weighted by molar-refractivity contribution is -0.118. The van der Waals surface area contributed by atoms with E-state index in [0.717, 1.165) is 0 Å². The Morgan fingerprint density at radius 3 is 2.10 bits per heavy atom. The first-order valence-corrected chi connectivity index (χ1v) is 2.99. The van der Waals surface area contributed by atoms with Crippen molar-refractivity contribution in [3.63, 3.8) is 0 Å². The highest BCUT2D eigenvalue weighted by atomic mass is 16.1. The summed E-state index contributed by atoms with van der Waals surface area (Å²) in [5.74, 6) is -0.323. The average Bonchev–Trinajstić information content (AvgIpc) is 1.85. The molecule has 0 spiro atoms. The number of rotatable bonds is 2. The van der Waals surface area contributed by atoms with Crippen LogP contribution >= 0.6 is 0 Å². The van der Waals surface area contributed by atoms with Gasteiger partial charge < -0.3 is 5.32 Å². The molecule has 0 rings (SSSR count). The second kappa shape index (κ2) is 3.82. The van der Waals surface area contributed by atoms with Gasteiger partial charge in [0, 0.05) is 12.6 Å². The fraction of sp³-hybridized carbons (Fsp3) is 0.429. The Morgan fingerprint density at radius 1 is 1.30 bits per heavy atom. The number of likely N-dealkylation sites (N-methyl/N-ethyl adjacent to an activating group) is 1. The number of allylic oxidation sites excluding steroid dienone is 1. The van der Waals surface area contributed by atoms with Gasteiger partial charge >= 0.3 is 0 Å². The van der Waals surface area contributed by atoms with Gasteiger partial charge in [-0.2, -0.15) is 0 Å². The lowest BCUT2D eigenvalue weighted by atomic mass is 10.2. The summed E-state index contributed by atoms with van der Waals surface area (Å²) in [6.07, 6.45) is 1.30. The van der Waals surface area contributed by atoms with Crippen molar-refractivity contribution in [2.45, 2.75) is 13.8 Å². The van der Waals surface area contributed by atoms with Crippen LogP contribution in [0.5, 0.6) is 0 Å². The number of hydrogen-bond donors (Lipinski definition) is 1. The standard InChI is InChI=1S/C7H11NO2/c1-5(4-6(2)9)7(10)8-3/h4H,1-3H3,(H,8,10)/b5-4-. The van der Waals surface area contributed by atoms with Crippen molar-refractivity contribution >= 4 is 11.7 Å². The molecule has 1 N–H and O–H groups in total. The van der Waals surface area contributed by atoms with Crippen molar-refractivity contribution in [1.29, 1.82) is 0 Å². The first kappa shape index (κ1) is 8.88. The molecular weight excluding hydrogens is 130 g/mol. The quantitative estimate of drug-likeness (QED) is 0.561. The third-order valence-corrected chi connectivity index (χ3v) is 1.00. The maximum atomic E-state index is 10.7. The zero-order chi connectivity index (χ0) is 8.15. The van der Waals surface area contributed by atoms with E-state index in [0.29, 0.717) is 5.57 Å². The van der Waals surface area contributed by atoms with Crippen molar-refractivity contribution in [1.82, 2.24) is 5.32 Å². The normalized spacial score (nSPS) is 10.9. The number of hydrogen-bond acceptors (Lipinski definition) is 2. The summed E-state index contributed by atoms with van der Waals surface area (Å²) in [6.45, 7) is 3.01. The van der Waals surface area contributed by atoms with Gasteiger partial charge in [0.1, 0.15) is 0 Å². The highest BCUT2D eigenvalue weighted by Crippen LogP contribution is 1.90. The SMILES string of the molecule is CNC(=O)/C(C)=C\C(C)=O. The predicted molar refractivity (Wildman–Crippen MR) is 38.5 cm³/mol. The maximum absolute atomic E-state index is 10.7. The molecule has 3 nitrogen and oxygen atoms in total. The minimum absolute atomic E-state index is 0.110. The smallest absolute Gasteiger partial charge is 0.246 e. The Balaban J connectivity index is 4.19. The molecule has 0 atom stereocenters. The van der Waals surface area contributed by atoms with Crippen molar-refractivity contribution in [3.05, 3.63) is 11.6 Å². The summed E-state index contributed by atoms with van der Waals surface area (Å²) in [5, 5.41) is 2.41. The van der Waals surface area contributed by atoms with Crippen LogP contribution in [-0.4, -0.2) is 18.7 Å². The van der Waals surface area contributed by atoms with Crippen LogP contribution in [0.2, 0.25) is 0 Å². The van der Waals surface area contributed by atoms with Crippen LogP contribution in [0.4, 0.5) is 0 Å². The van der Waals surface area contributed by atoms with Gasteiger partial charge in [-0.25, -0.2) is 0 Å². The second-order valence-corrected chi connectivity index (χ2v) is 2.02. The maximum Gasteiger partial charge on any atom is 0.246 e. The fourth-order valence-corrected chi connectivity index (χ4v) is 0.568. The molecular formula is C7H11NO2. The van der Waals surface area contributed by atoms with Crippen LogP contribution in [0.1, 0.15) is 13.8 Å². The molecule has 0 aromatic rings. The Hall–Kier alpha value is -1.12. The van der Waals surface area contributed by atoms with Gasteiger partial charge in [0.25, 0.3) is 0 Å². The minimum Gasteiger partial charge on any atom is -0.355 e. The Kier molecular flexibility index (Phi) is 3.39. The number of carbonyl (C=O) groups excluding carboxylic acids is 2. The van der Waals surface area contributed by atoms with Gasteiger partial charge in [-0.05, 0) is 19.9 Å². The van der Waals surface area contributed by atoms with E-state index in [1.165, 1.54) is 20.0 Å². The Labute approximate surface area is 60.1 Å². The molecule has 0 fully saturated rings. The third kappa shape index (κ3) is 3.02. The van der Waals surface area contributed by atoms with E-state index in [9.17, 15) is 9.59 Å². The van der Waals surface area contributed by atoms with Gasteiger partial charge in [0.15, 0.2) is 5.78 Å². The molecule has 0 heterocycles. The molecule has 56 valence electrons. The molecule has 0 saturated carbocycles. The number of ketones is 1. The minimum atomic E-state index is -0.213. The van der Waals surface area contributed by atoms with Crippen LogP contribution in [-0.2, 0) is 9.59 Å². The van der Waals surface area contributed by atoms with Crippen molar-refractivity contribution < 1.29 is 9.59 Å². The predicted octanol–water partition coefficient (Wildman–Crippen LogP) is 0.268. The largest absolute Gasteiger partial charge is 0.355 e. The molecule has 0 radical (unpaired) electrons. The summed E-state index contributed by atoms with van der Waals surface area (Å²) < 4.78 is 0. The van der Waals surface area contributed by atoms with Crippen LogP contribution in [0.3, 0.4) is 0 Å². The van der Waals surface area contributed by atoms with Gasteiger partial charge in [-0.1, -0.05) is 0 Å². The van der Waals surface area contributed by atoms with Crippen molar-refractivity contribution in [2.75, 3.05) is 7.05 Å². The van der Waals surface area contributed by atoms with E-state index >= 15 is 0 Å². The first-order chi connectivity index (χ1) is 4.57. The summed E-state index contributed by atoms with van der Waals surface area (Å²) in [7, 11) is 1.53. The van der Waals surface area contributed by atoms with Crippen molar-refractivity contribution in [3.8, 4) is 0 Å². The summed E-state index contributed by atoms with van der Waals surface area (Å²) in [5.41, 5.74) is 0.440. The fourth-order valence-electron chi connectivity index (χ4n) is 0.568. The molecule has 10 heavy (non-hydrogen) atoms. The molecule has 0 saturated heterocycles. The van der Waals surface area contributed by atoms with Crippen LogP contribution < -0.4 is 5.32 Å². The first-order valence-electron chi connectivity index (χ1n) is 2.99. The molecule has 0 aromatic heterocycles. The molecule has 1 amide bonds. The van der Waals surface area contributed by atoms with Crippen LogP contribution in [0.25, 0.3) is 0 Å². The van der Waals surface area contributed by atoms with Gasteiger partial charge in [-0.3, -0.25) is 9.59 Å². The van der Waals surface area contributed by atoms with Gasteiger partial charge in [-0.15, -0.1) is 0 Å². The summed E-state index contributed by atoms with van der Waals surface area (Å²) in [4.78, 5) is 21.1. The van der Waals surface area contributed by atoms with Gasteiger partial charge in [0.05, 0.1) is 0 Å². The van der Waals surface area contributed by atoms with E-state index in [1.54, 1.807) is 6.92 Å². The lowest BCUT2D eigenvalue weighted by Gasteiger charge is -1.95. The summed E-state index contributed by atoms with van der Waals surface area (Å²) in [6, 6.07) is 0. The molecule has 0 bridgehead atoms. The number of amides is 1. The van der Waals surface area contributed by atoms with E-state index in [1.807, 2.05) is 0 Å². The van der Waals surface area contributed by atoms with Crippen LogP contribution in [0.15, 0.2) is 11.6 Å². The summed E-state index contributed by atoms with van der Waals surface area (Å²) >= 11 is 0. The van der Waals surface area contributed by atoms with Crippen molar-refractivity contribution in [2.24, 2.45) is 0 Å². The molecule has 0 aliphatic heterocycles. The average molecular weight is 141 g/mol. The van der Waals surface area contributed by atoms with E-state index < -0.39 is 0 Å². The monoisotopic (exact) mass is 141 g/mol. The van der Waals surface area contributed by atoms with Crippen LogP contribution in [0, 0.1) is 0 Å². The highest BCUT2D eigenvalue weighted by molar-refractivity contribution is 6.00. The molecule has 3 heteroatoms. The molecule has 0 aliphatic rings. The molecule has 0 aliphatic carbocycles. The van der Waals surface area contributed by atoms with Gasteiger partial charge in [0.2, 0.25) is 5.91 Å². The number of carbonyl (C=O) groups is 2. The Morgan fingerprint density at radius 2 is 1.80 bits per heavy atom. The topological polar surface area (TPSA) is 46.2 Å². The van der Waals surface area contributed by atoms with E-state index in [2.05, 4.69) is 5.32 Å². The Bertz CT molecular complexity index is 182. The second-order valence-electron chi connectivity index (χ2n) is 2.02. The highest BCUT2D eigenvalue weighted by Gasteiger charge is 1.99. The number of nitrogens with one attached hydrogen (secondary N) is 1. The van der Waals surface area contributed by atoms with E-state index in [4.69, 9.17) is 0 Å². The zero-order valence-electron chi connectivity index (χ0n) is 6.39.